The Morgan fingerprint density at radius 2 is 2.00 bits per heavy atom. The van der Waals surface area contributed by atoms with E-state index in [2.05, 4.69) is 15.5 Å². The van der Waals surface area contributed by atoms with Crippen LogP contribution in [0.2, 0.25) is 0 Å². The minimum absolute atomic E-state index is 0.0121. The molecular formula is C16H20N4O3S2. The molecule has 0 aliphatic carbocycles. The van der Waals surface area contributed by atoms with Gasteiger partial charge < -0.3 is 5.32 Å². The highest BCUT2D eigenvalue weighted by Crippen LogP contribution is 2.30. The zero-order chi connectivity index (χ0) is 18.0. The molecule has 1 saturated heterocycles. The van der Waals surface area contributed by atoms with Gasteiger partial charge in [-0.3, -0.25) is 4.79 Å². The number of nitrogens with zero attached hydrogens (tertiary/aromatic N) is 3. The topological polar surface area (TPSA) is 92.3 Å². The van der Waals surface area contributed by atoms with Crippen LogP contribution in [0.15, 0.2) is 24.3 Å². The lowest BCUT2D eigenvalue weighted by Gasteiger charge is -2.29. The van der Waals surface area contributed by atoms with Crippen molar-refractivity contribution in [1.29, 1.82) is 0 Å². The summed E-state index contributed by atoms with van der Waals surface area (Å²) < 4.78 is 24.9. The molecule has 134 valence electrons. The van der Waals surface area contributed by atoms with Crippen LogP contribution in [-0.2, 0) is 10.0 Å². The number of carbonyl (C=O) groups excluding carboxylic acids is 1. The maximum Gasteiger partial charge on any atom is 0.286 e. The molecule has 1 amide bonds. The normalized spacial score (nSPS) is 18.9. The van der Waals surface area contributed by atoms with Crippen molar-refractivity contribution in [3.8, 4) is 0 Å². The number of aromatic nitrogens is 2. The Hall–Kier alpha value is -1.84. The van der Waals surface area contributed by atoms with Crippen molar-refractivity contribution in [2.45, 2.75) is 25.7 Å². The Bertz CT molecular complexity index is 862. The highest BCUT2D eigenvalue weighted by atomic mass is 32.2. The van der Waals surface area contributed by atoms with Gasteiger partial charge in [0.05, 0.1) is 6.26 Å². The van der Waals surface area contributed by atoms with Crippen molar-refractivity contribution < 1.29 is 13.2 Å². The van der Waals surface area contributed by atoms with Crippen LogP contribution >= 0.6 is 11.3 Å². The fraction of sp³-hybridized carbons (Fsp3) is 0.438. The van der Waals surface area contributed by atoms with E-state index in [-0.39, 0.29) is 16.8 Å². The second-order valence-electron chi connectivity index (χ2n) is 6.23. The maximum absolute atomic E-state index is 12.3. The van der Waals surface area contributed by atoms with Crippen LogP contribution in [0.3, 0.4) is 0 Å². The van der Waals surface area contributed by atoms with Crippen molar-refractivity contribution in [3.63, 3.8) is 0 Å². The predicted molar refractivity (Wildman–Crippen MR) is 97.4 cm³/mol. The molecule has 1 fully saturated rings. The summed E-state index contributed by atoms with van der Waals surface area (Å²) in [5.74, 6) is -0.315. The molecule has 3 rings (SSSR count). The lowest BCUT2D eigenvalue weighted by atomic mass is 10.0. The van der Waals surface area contributed by atoms with E-state index >= 15 is 0 Å². The molecule has 0 saturated carbocycles. The van der Waals surface area contributed by atoms with Gasteiger partial charge in [0, 0.05) is 24.7 Å². The SMILES string of the molecule is Cc1ccc(NC(=O)c2nnc(C3CCCN(S(C)(=O)=O)C3)s2)cc1. The Morgan fingerprint density at radius 1 is 1.28 bits per heavy atom. The summed E-state index contributed by atoms with van der Waals surface area (Å²) >= 11 is 1.23. The van der Waals surface area contributed by atoms with Gasteiger partial charge in [0.15, 0.2) is 0 Å². The molecule has 1 aromatic heterocycles. The molecule has 2 heterocycles. The molecule has 0 spiro atoms. The van der Waals surface area contributed by atoms with E-state index in [1.807, 2.05) is 31.2 Å². The van der Waals surface area contributed by atoms with E-state index in [4.69, 9.17) is 0 Å². The van der Waals surface area contributed by atoms with Crippen molar-refractivity contribution in [2.24, 2.45) is 0 Å². The molecule has 2 aromatic rings. The minimum Gasteiger partial charge on any atom is -0.320 e. The van der Waals surface area contributed by atoms with E-state index in [9.17, 15) is 13.2 Å². The van der Waals surface area contributed by atoms with Crippen LogP contribution in [0.4, 0.5) is 5.69 Å². The number of nitrogens with one attached hydrogen (secondary N) is 1. The quantitative estimate of drug-likeness (QED) is 0.878. The average Bonchev–Trinajstić information content (AvgIpc) is 3.06. The number of anilines is 1. The summed E-state index contributed by atoms with van der Waals surface area (Å²) in [6.07, 6.45) is 2.85. The van der Waals surface area contributed by atoms with E-state index in [0.717, 1.165) is 18.4 Å². The third kappa shape index (κ3) is 4.42. The summed E-state index contributed by atoms with van der Waals surface area (Å²) in [4.78, 5) is 12.3. The summed E-state index contributed by atoms with van der Waals surface area (Å²) in [7, 11) is -3.21. The Kier molecular flexibility index (Phi) is 5.16. The number of piperidine rings is 1. The molecule has 0 bridgehead atoms. The molecule has 1 aromatic carbocycles. The van der Waals surface area contributed by atoms with Gasteiger partial charge in [-0.2, -0.15) is 0 Å². The van der Waals surface area contributed by atoms with Crippen LogP contribution in [0.1, 0.15) is 39.1 Å². The number of sulfonamides is 1. The van der Waals surface area contributed by atoms with E-state index in [1.54, 1.807) is 0 Å². The summed E-state index contributed by atoms with van der Waals surface area (Å²) in [6, 6.07) is 7.51. The molecule has 1 N–H and O–H groups in total. The number of hydrogen-bond donors (Lipinski definition) is 1. The fourth-order valence-electron chi connectivity index (χ4n) is 2.76. The third-order valence-electron chi connectivity index (χ3n) is 4.15. The second-order valence-corrected chi connectivity index (χ2v) is 9.22. The van der Waals surface area contributed by atoms with Crippen LogP contribution in [0, 0.1) is 6.92 Å². The van der Waals surface area contributed by atoms with E-state index in [0.29, 0.717) is 23.8 Å². The van der Waals surface area contributed by atoms with Gasteiger partial charge >= 0.3 is 0 Å². The first-order chi connectivity index (χ1) is 11.8. The molecule has 1 unspecified atom stereocenters. The average molecular weight is 380 g/mol. The first kappa shape index (κ1) is 18.0. The number of hydrogen-bond acceptors (Lipinski definition) is 6. The first-order valence-electron chi connectivity index (χ1n) is 7.99. The van der Waals surface area contributed by atoms with Crippen LogP contribution in [0.5, 0.6) is 0 Å². The summed E-state index contributed by atoms with van der Waals surface area (Å²) in [5, 5.41) is 11.9. The lowest BCUT2D eigenvalue weighted by molar-refractivity contribution is 0.102. The van der Waals surface area contributed by atoms with Crippen LogP contribution < -0.4 is 5.32 Å². The summed E-state index contributed by atoms with van der Waals surface area (Å²) in [6.45, 7) is 2.91. The molecule has 1 aliphatic heterocycles. The van der Waals surface area contributed by atoms with E-state index < -0.39 is 10.0 Å². The maximum atomic E-state index is 12.3. The molecule has 7 nitrogen and oxygen atoms in total. The van der Waals surface area contributed by atoms with Gasteiger partial charge in [-0.1, -0.05) is 29.0 Å². The minimum atomic E-state index is -3.21. The Morgan fingerprint density at radius 3 is 2.68 bits per heavy atom. The number of carbonyl (C=O) groups is 1. The highest BCUT2D eigenvalue weighted by molar-refractivity contribution is 7.88. The summed E-state index contributed by atoms with van der Waals surface area (Å²) in [5.41, 5.74) is 1.82. The first-order valence-corrected chi connectivity index (χ1v) is 10.7. The number of aryl methyl sites for hydroxylation is 1. The Balaban J connectivity index is 1.69. The van der Waals surface area contributed by atoms with Crippen molar-refractivity contribution in [3.05, 3.63) is 39.8 Å². The Labute approximate surface area is 151 Å². The second kappa shape index (κ2) is 7.19. The molecule has 0 radical (unpaired) electrons. The molecule has 25 heavy (non-hydrogen) atoms. The zero-order valence-corrected chi connectivity index (χ0v) is 15.7. The predicted octanol–water partition coefficient (Wildman–Crippen LogP) is 2.24. The van der Waals surface area contributed by atoms with Crippen LogP contribution in [-0.4, -0.2) is 48.2 Å². The smallest absolute Gasteiger partial charge is 0.286 e. The highest BCUT2D eigenvalue weighted by Gasteiger charge is 2.29. The monoisotopic (exact) mass is 380 g/mol. The molecular weight excluding hydrogens is 360 g/mol. The number of amides is 1. The largest absolute Gasteiger partial charge is 0.320 e. The molecule has 1 atom stereocenters. The zero-order valence-electron chi connectivity index (χ0n) is 14.1. The van der Waals surface area contributed by atoms with Gasteiger partial charge in [-0.05, 0) is 31.9 Å². The van der Waals surface area contributed by atoms with Crippen LogP contribution in [0.25, 0.3) is 0 Å². The molecule has 1 aliphatic rings. The fourth-order valence-corrected chi connectivity index (χ4v) is 4.53. The number of benzene rings is 1. The van der Waals surface area contributed by atoms with Gasteiger partial charge in [0.2, 0.25) is 15.0 Å². The van der Waals surface area contributed by atoms with Gasteiger partial charge in [-0.25, -0.2) is 12.7 Å². The van der Waals surface area contributed by atoms with Crippen molar-refractivity contribution in [1.82, 2.24) is 14.5 Å². The van der Waals surface area contributed by atoms with Gasteiger partial charge in [0.1, 0.15) is 5.01 Å². The van der Waals surface area contributed by atoms with Crippen molar-refractivity contribution in [2.75, 3.05) is 24.7 Å². The number of rotatable bonds is 4. The lowest BCUT2D eigenvalue weighted by Crippen LogP contribution is -2.38. The standard InChI is InChI=1S/C16H20N4O3S2/c1-11-5-7-13(8-6-11)17-14(21)16-19-18-15(24-16)12-4-3-9-20(10-12)25(2,22)23/h5-8,12H,3-4,9-10H2,1-2H3,(H,17,21). The van der Waals surface area contributed by atoms with E-state index in [1.165, 1.54) is 21.9 Å². The van der Waals surface area contributed by atoms with Gasteiger partial charge in [0.25, 0.3) is 5.91 Å². The third-order valence-corrected chi connectivity index (χ3v) is 6.50. The van der Waals surface area contributed by atoms with Crippen molar-refractivity contribution >= 4 is 33.0 Å². The van der Waals surface area contributed by atoms with Gasteiger partial charge in [-0.15, -0.1) is 10.2 Å². The molecule has 9 heteroatoms.